The van der Waals surface area contributed by atoms with Crippen molar-refractivity contribution in [3.8, 4) is 0 Å². The highest BCUT2D eigenvalue weighted by Gasteiger charge is 1.98. The zero-order valence-electron chi connectivity index (χ0n) is 5.56. The number of nitrogens with zero attached hydrogens (tertiary/aromatic N) is 2. The Hall–Kier alpha value is -0.920. The van der Waals surface area contributed by atoms with Crippen molar-refractivity contribution >= 4 is 26.0 Å². The monoisotopic (exact) mass is 163 g/mol. The molecule has 2 aromatic rings. The normalized spacial score (nSPS) is 9.55. The van der Waals surface area contributed by atoms with Crippen LogP contribution in [0.5, 0.6) is 0 Å². The molecule has 0 unspecified atom stereocenters. The van der Waals surface area contributed by atoms with Gasteiger partial charge in [0, 0.05) is 6.15 Å². The highest BCUT2D eigenvalue weighted by molar-refractivity contribution is 7.26. The van der Waals surface area contributed by atoms with Crippen LogP contribution in [0.2, 0.25) is 0 Å². The standard InChI is InChI=1S/C7H4NOP.N/c10-7-8-5-3-1-2-4-6(5)9-7;/h1-4H;. The summed E-state index contributed by atoms with van der Waals surface area (Å²) in [5.74, 6) is 0. The van der Waals surface area contributed by atoms with E-state index in [-0.39, 0.29) is 6.15 Å². The van der Waals surface area contributed by atoms with Gasteiger partial charge < -0.3 is 4.42 Å². The van der Waals surface area contributed by atoms with Gasteiger partial charge in [-0.15, -0.1) is 0 Å². The molecule has 1 aromatic carbocycles. The van der Waals surface area contributed by atoms with Crippen molar-refractivity contribution in [1.29, 1.82) is 0 Å². The van der Waals surface area contributed by atoms with E-state index in [2.05, 4.69) is 14.2 Å². The van der Waals surface area contributed by atoms with Crippen molar-refractivity contribution in [2.45, 2.75) is 0 Å². The molecule has 0 saturated heterocycles. The first-order valence-corrected chi connectivity index (χ1v) is 3.35. The van der Waals surface area contributed by atoms with E-state index in [0.29, 0.717) is 5.63 Å². The Balaban J connectivity index is 0.000000605. The smallest absolute Gasteiger partial charge is 0.227 e. The molecule has 0 bridgehead atoms. The fourth-order valence-electron chi connectivity index (χ4n) is 0.860. The molecule has 2 rings (SSSR count). The number of hydrogen-bond acceptors (Lipinski definition) is 2. The van der Waals surface area contributed by atoms with E-state index < -0.39 is 0 Å². The minimum Gasteiger partial charge on any atom is -0.436 e. The second-order valence-electron chi connectivity index (χ2n) is 1.96. The van der Waals surface area contributed by atoms with Gasteiger partial charge in [0.15, 0.2) is 5.58 Å². The fraction of sp³-hybridized carbons (Fsp3) is 0. The lowest BCUT2D eigenvalue weighted by Gasteiger charge is -1.79. The molecule has 0 spiro atoms. The van der Waals surface area contributed by atoms with Gasteiger partial charge in [0.05, 0.1) is 9.24 Å². The molecule has 11 heavy (non-hydrogen) atoms. The first kappa shape index (κ1) is 8.18. The van der Waals surface area contributed by atoms with Gasteiger partial charge in [0.25, 0.3) is 0 Å². The molecule has 0 atom stereocenters. The van der Waals surface area contributed by atoms with E-state index in [9.17, 15) is 0 Å². The zero-order chi connectivity index (χ0) is 6.97. The Labute approximate surface area is 66.6 Å². The van der Waals surface area contributed by atoms with Crippen LogP contribution in [0.15, 0.2) is 28.7 Å². The molecule has 0 fully saturated rings. The van der Waals surface area contributed by atoms with Gasteiger partial charge in [-0.3, -0.25) is 0 Å². The Bertz CT molecular complexity index is 325. The van der Waals surface area contributed by atoms with Gasteiger partial charge in [-0.2, -0.15) is 0 Å². The fourth-order valence-corrected chi connectivity index (χ4v) is 1.07. The highest BCUT2D eigenvalue weighted by atomic mass is 31.0. The van der Waals surface area contributed by atoms with E-state index in [0.717, 1.165) is 11.1 Å². The van der Waals surface area contributed by atoms with Gasteiger partial charge in [0.1, 0.15) is 5.52 Å². The Morgan fingerprint density at radius 1 is 1.27 bits per heavy atom. The van der Waals surface area contributed by atoms with Crippen molar-refractivity contribution in [3.63, 3.8) is 0 Å². The van der Waals surface area contributed by atoms with Crippen LogP contribution in [0.1, 0.15) is 0 Å². The predicted molar refractivity (Wildman–Crippen MR) is 42.7 cm³/mol. The summed E-state index contributed by atoms with van der Waals surface area (Å²) in [6, 6.07) is 7.57. The minimum atomic E-state index is 0. The summed E-state index contributed by atoms with van der Waals surface area (Å²) in [4.78, 5) is 4.01. The molecule has 1 aromatic heterocycles. The lowest BCUT2D eigenvalue weighted by molar-refractivity contribution is 0.646. The van der Waals surface area contributed by atoms with E-state index in [4.69, 9.17) is 4.42 Å². The maximum absolute atomic E-state index is 5.12. The van der Waals surface area contributed by atoms with Crippen molar-refractivity contribution in [2.24, 2.45) is 0 Å². The number of para-hydroxylation sites is 2. The summed E-state index contributed by atoms with van der Waals surface area (Å²) in [7, 11) is 3.97. The third-order valence-electron chi connectivity index (χ3n) is 1.28. The molecule has 0 N–H and O–H groups in total. The van der Waals surface area contributed by atoms with E-state index >= 15 is 0 Å². The summed E-state index contributed by atoms with van der Waals surface area (Å²) in [5, 5.41) is 0. The lowest BCUT2D eigenvalue weighted by Crippen LogP contribution is -1.84. The van der Waals surface area contributed by atoms with E-state index in [1.54, 1.807) is 0 Å². The molecule has 0 aliphatic heterocycles. The number of oxazole rings is 1. The molecule has 4 heteroatoms. The lowest BCUT2D eigenvalue weighted by atomic mass is 10.3. The molecule has 5 radical (unpaired) electrons. The maximum Gasteiger partial charge on any atom is 0.227 e. The molecule has 0 amide bonds. The van der Waals surface area contributed by atoms with Crippen LogP contribution in [0, 0.1) is 0 Å². The number of aromatic nitrogens is 1. The third-order valence-corrected chi connectivity index (χ3v) is 1.47. The number of benzene rings is 1. The van der Waals surface area contributed by atoms with Gasteiger partial charge in [-0.25, -0.2) is 4.98 Å². The van der Waals surface area contributed by atoms with E-state index in [1.165, 1.54) is 0 Å². The molecule has 1 heterocycles. The average Bonchev–Trinajstić information content (AvgIpc) is 2.27. The average molecular weight is 163 g/mol. The second-order valence-corrected chi connectivity index (χ2v) is 2.35. The summed E-state index contributed by atoms with van der Waals surface area (Å²) in [6.45, 7) is 0. The number of hydrogen-bond donors (Lipinski definition) is 0. The first-order valence-electron chi connectivity index (χ1n) is 2.91. The van der Waals surface area contributed by atoms with Crippen molar-refractivity contribution in [1.82, 2.24) is 11.1 Å². The SMILES string of the molecule is [N].[P]c1nc2ccccc2o1. The topological polar surface area (TPSA) is 56.5 Å². The molecular formula is C7H4N2OP. The van der Waals surface area contributed by atoms with Gasteiger partial charge >= 0.3 is 0 Å². The van der Waals surface area contributed by atoms with Crippen molar-refractivity contribution in [3.05, 3.63) is 24.3 Å². The largest absolute Gasteiger partial charge is 0.436 e. The molecule has 0 saturated carbocycles. The van der Waals surface area contributed by atoms with Crippen LogP contribution in [0.4, 0.5) is 0 Å². The van der Waals surface area contributed by atoms with Crippen LogP contribution in [-0.4, -0.2) is 4.98 Å². The Morgan fingerprint density at radius 2 is 2.00 bits per heavy atom. The van der Waals surface area contributed by atoms with Gasteiger partial charge in [0.2, 0.25) is 5.63 Å². The van der Waals surface area contributed by atoms with Crippen LogP contribution >= 0.6 is 9.24 Å². The van der Waals surface area contributed by atoms with E-state index in [1.807, 2.05) is 24.3 Å². The second kappa shape index (κ2) is 2.99. The first-order chi connectivity index (χ1) is 4.86. The molecule has 3 nitrogen and oxygen atoms in total. The summed E-state index contributed by atoms with van der Waals surface area (Å²) in [6.07, 6.45) is 0. The Kier molecular flexibility index (Phi) is 2.22. The van der Waals surface area contributed by atoms with Crippen LogP contribution in [-0.2, 0) is 0 Å². The molecular weight excluding hydrogens is 159 g/mol. The summed E-state index contributed by atoms with van der Waals surface area (Å²) >= 11 is 0. The minimum absolute atomic E-state index is 0. The zero-order valence-corrected chi connectivity index (χ0v) is 6.45. The quantitative estimate of drug-likeness (QED) is 0.551. The summed E-state index contributed by atoms with van der Waals surface area (Å²) in [5.41, 5.74) is 2.06. The summed E-state index contributed by atoms with van der Waals surface area (Å²) < 4.78 is 5.12. The maximum atomic E-state index is 5.12. The van der Waals surface area contributed by atoms with Crippen LogP contribution < -0.4 is 11.8 Å². The molecule has 0 aliphatic carbocycles. The Morgan fingerprint density at radius 3 is 2.73 bits per heavy atom. The van der Waals surface area contributed by atoms with Crippen molar-refractivity contribution < 1.29 is 4.42 Å². The number of rotatable bonds is 0. The number of fused-ring (bicyclic) bond motifs is 1. The van der Waals surface area contributed by atoms with Gasteiger partial charge in [-0.05, 0) is 12.1 Å². The molecule has 0 aliphatic rings. The van der Waals surface area contributed by atoms with Gasteiger partial charge in [-0.1, -0.05) is 12.1 Å². The van der Waals surface area contributed by atoms with Crippen LogP contribution in [0.3, 0.4) is 0 Å². The predicted octanol–water partition coefficient (Wildman–Crippen LogP) is 1.38. The highest BCUT2D eigenvalue weighted by Crippen LogP contribution is 2.09. The third kappa shape index (κ3) is 1.39. The van der Waals surface area contributed by atoms with Crippen molar-refractivity contribution in [2.75, 3.05) is 0 Å². The molecule has 53 valence electrons. The van der Waals surface area contributed by atoms with Crippen LogP contribution in [0.25, 0.3) is 11.1 Å².